The number of hydrogen-bond acceptors (Lipinski definition) is 3. The van der Waals surface area contributed by atoms with Crippen molar-refractivity contribution in [3.63, 3.8) is 0 Å². The maximum atomic E-state index is 6.10. The highest BCUT2D eigenvalue weighted by molar-refractivity contribution is 5.53. The molecule has 1 aliphatic heterocycles. The predicted molar refractivity (Wildman–Crippen MR) is 91.9 cm³/mol. The molecule has 1 aromatic rings. The minimum Gasteiger partial charge on any atom is -0.345 e. The summed E-state index contributed by atoms with van der Waals surface area (Å²) in [7, 11) is 1.77. The molecule has 6 rings (SSSR count). The van der Waals surface area contributed by atoms with Gasteiger partial charge in [0.2, 0.25) is 0 Å². The first-order valence-corrected chi connectivity index (χ1v) is 9.28. The predicted octanol–water partition coefficient (Wildman–Crippen LogP) is 4.59. The molecule has 1 aromatic carbocycles. The molecule has 0 N–H and O–H groups in total. The Balaban J connectivity index is 1.61. The monoisotopic (exact) mass is 326 g/mol. The number of aryl methyl sites for hydroxylation is 1. The van der Waals surface area contributed by atoms with Crippen LogP contribution < -0.4 is 0 Å². The molecular formula is C21H26O3. The Kier molecular flexibility index (Phi) is 3.11. The third kappa shape index (κ3) is 1.63. The van der Waals surface area contributed by atoms with E-state index in [-0.39, 0.29) is 5.60 Å². The van der Waals surface area contributed by atoms with E-state index < -0.39 is 5.79 Å². The molecule has 1 heterocycles. The molecule has 3 nitrogen and oxygen atoms in total. The molecule has 0 amide bonds. The quantitative estimate of drug-likeness (QED) is 0.760. The van der Waals surface area contributed by atoms with Crippen molar-refractivity contribution >= 4 is 6.08 Å². The SMILES string of the molecule is C=Cc1ccc(C2(OC)OOC23C2CC4CC(C2)CC3C4)cc1C. The summed E-state index contributed by atoms with van der Waals surface area (Å²) in [5, 5.41) is 0. The fourth-order valence-electron chi connectivity index (χ4n) is 6.47. The third-order valence-electron chi connectivity index (χ3n) is 7.32. The van der Waals surface area contributed by atoms with E-state index in [0.717, 1.165) is 23.0 Å². The van der Waals surface area contributed by atoms with Crippen molar-refractivity contribution in [2.24, 2.45) is 23.7 Å². The van der Waals surface area contributed by atoms with Crippen LogP contribution in [0.15, 0.2) is 24.8 Å². The molecule has 1 spiro atoms. The van der Waals surface area contributed by atoms with Crippen molar-refractivity contribution < 1.29 is 14.5 Å². The number of hydrogen-bond donors (Lipinski definition) is 0. The fraction of sp³-hybridized carbons (Fsp3) is 0.619. The Morgan fingerprint density at radius 3 is 2.21 bits per heavy atom. The fourth-order valence-corrected chi connectivity index (χ4v) is 6.47. The lowest BCUT2D eigenvalue weighted by Crippen LogP contribution is -2.76. The van der Waals surface area contributed by atoms with Gasteiger partial charge in [0.15, 0.2) is 5.60 Å². The molecule has 0 radical (unpaired) electrons. The van der Waals surface area contributed by atoms with Gasteiger partial charge in [0.05, 0.1) is 0 Å². The molecule has 4 saturated carbocycles. The highest BCUT2D eigenvalue weighted by Gasteiger charge is 2.76. The normalized spacial score (nSPS) is 45.4. The van der Waals surface area contributed by atoms with Crippen LogP contribution in [0.25, 0.3) is 6.08 Å². The molecule has 5 aliphatic rings. The van der Waals surface area contributed by atoms with Crippen LogP contribution in [0.3, 0.4) is 0 Å². The second kappa shape index (κ2) is 4.94. The molecule has 24 heavy (non-hydrogen) atoms. The van der Waals surface area contributed by atoms with E-state index in [1.807, 2.05) is 6.08 Å². The van der Waals surface area contributed by atoms with Crippen LogP contribution in [-0.4, -0.2) is 12.7 Å². The molecular weight excluding hydrogens is 300 g/mol. The van der Waals surface area contributed by atoms with Gasteiger partial charge in [0, 0.05) is 12.7 Å². The summed E-state index contributed by atoms with van der Waals surface area (Å²) in [5.74, 6) is 2.15. The average molecular weight is 326 g/mol. The van der Waals surface area contributed by atoms with Gasteiger partial charge in [-0.1, -0.05) is 24.8 Å². The van der Waals surface area contributed by atoms with Gasteiger partial charge in [-0.05, 0) is 79.9 Å². The lowest BCUT2D eigenvalue weighted by Gasteiger charge is -2.68. The highest BCUT2D eigenvalue weighted by Crippen LogP contribution is 2.69. The number of methoxy groups -OCH3 is 1. The molecule has 3 heteroatoms. The standard InChI is InChI=1S/C21H26O3/c1-4-16-5-6-17(7-13(16)2)21(22-3)20(23-24-21)18-9-14-8-15(11-18)12-19(20)10-14/h4-7,14-15,18-19H,1,8-12H2,2-3H3. The average Bonchev–Trinajstić information content (AvgIpc) is 2.54. The lowest BCUT2D eigenvalue weighted by atomic mass is 9.47. The number of benzene rings is 1. The molecule has 1 saturated heterocycles. The van der Waals surface area contributed by atoms with Gasteiger partial charge < -0.3 is 4.74 Å². The summed E-state index contributed by atoms with van der Waals surface area (Å²) in [5.41, 5.74) is 3.15. The maximum absolute atomic E-state index is 6.10. The van der Waals surface area contributed by atoms with Crippen LogP contribution in [0.5, 0.6) is 0 Å². The van der Waals surface area contributed by atoms with Gasteiger partial charge in [-0.25, -0.2) is 4.89 Å². The number of rotatable bonds is 3. The van der Waals surface area contributed by atoms with Crippen molar-refractivity contribution in [3.05, 3.63) is 41.5 Å². The van der Waals surface area contributed by atoms with Crippen LogP contribution >= 0.6 is 0 Å². The largest absolute Gasteiger partial charge is 0.345 e. The zero-order valence-corrected chi connectivity index (χ0v) is 14.6. The maximum Gasteiger partial charge on any atom is 0.260 e. The third-order valence-corrected chi connectivity index (χ3v) is 7.32. The van der Waals surface area contributed by atoms with Crippen LogP contribution in [0.2, 0.25) is 0 Å². The molecule has 0 aromatic heterocycles. The van der Waals surface area contributed by atoms with Crippen molar-refractivity contribution in [3.8, 4) is 0 Å². The molecule has 5 fully saturated rings. The minimum atomic E-state index is -0.750. The van der Waals surface area contributed by atoms with Gasteiger partial charge in [-0.15, -0.1) is 0 Å². The van der Waals surface area contributed by atoms with Gasteiger partial charge in [-0.3, -0.25) is 0 Å². The molecule has 4 aliphatic carbocycles. The van der Waals surface area contributed by atoms with Gasteiger partial charge in [0.25, 0.3) is 5.79 Å². The summed E-state index contributed by atoms with van der Waals surface area (Å²) in [6.45, 7) is 6.01. The summed E-state index contributed by atoms with van der Waals surface area (Å²) >= 11 is 0. The Morgan fingerprint density at radius 2 is 1.75 bits per heavy atom. The first-order valence-electron chi connectivity index (χ1n) is 9.28. The summed E-state index contributed by atoms with van der Waals surface area (Å²) in [6, 6.07) is 6.43. The Bertz CT molecular complexity index is 662. The Labute approximate surface area is 143 Å². The molecule has 128 valence electrons. The van der Waals surface area contributed by atoms with E-state index >= 15 is 0 Å². The van der Waals surface area contributed by atoms with Crippen LogP contribution in [0, 0.1) is 30.6 Å². The van der Waals surface area contributed by atoms with Crippen molar-refractivity contribution in [1.29, 1.82) is 0 Å². The van der Waals surface area contributed by atoms with Crippen molar-refractivity contribution in [1.82, 2.24) is 0 Å². The highest BCUT2D eigenvalue weighted by atomic mass is 17.3. The van der Waals surface area contributed by atoms with Gasteiger partial charge >= 0.3 is 0 Å². The smallest absolute Gasteiger partial charge is 0.260 e. The summed E-state index contributed by atoms with van der Waals surface area (Å²) in [6.07, 6.45) is 8.40. The van der Waals surface area contributed by atoms with E-state index in [1.54, 1.807) is 7.11 Å². The zero-order valence-electron chi connectivity index (χ0n) is 14.6. The van der Waals surface area contributed by atoms with Crippen molar-refractivity contribution in [2.45, 2.75) is 50.4 Å². The lowest BCUT2D eigenvalue weighted by molar-refractivity contribution is -0.645. The van der Waals surface area contributed by atoms with E-state index in [4.69, 9.17) is 14.5 Å². The second-order valence-electron chi connectivity index (χ2n) is 8.36. The van der Waals surface area contributed by atoms with Crippen LogP contribution in [-0.2, 0) is 20.3 Å². The first-order chi connectivity index (χ1) is 11.6. The summed E-state index contributed by atoms with van der Waals surface area (Å²) < 4.78 is 6.10. The molecule has 1 atom stereocenters. The zero-order chi connectivity index (χ0) is 16.5. The van der Waals surface area contributed by atoms with Crippen molar-refractivity contribution in [2.75, 3.05) is 7.11 Å². The Hall–Kier alpha value is -1.16. The van der Waals surface area contributed by atoms with Gasteiger partial charge in [-0.2, -0.15) is 4.89 Å². The van der Waals surface area contributed by atoms with E-state index in [9.17, 15) is 0 Å². The summed E-state index contributed by atoms with van der Waals surface area (Å²) in [4.78, 5) is 11.8. The van der Waals surface area contributed by atoms with E-state index in [0.29, 0.717) is 11.8 Å². The number of ether oxygens (including phenoxy) is 1. The topological polar surface area (TPSA) is 27.7 Å². The second-order valence-corrected chi connectivity index (χ2v) is 8.36. The van der Waals surface area contributed by atoms with Crippen LogP contribution in [0.4, 0.5) is 0 Å². The minimum absolute atomic E-state index is 0.294. The van der Waals surface area contributed by atoms with Gasteiger partial charge in [0.1, 0.15) is 0 Å². The molecule has 1 unspecified atom stereocenters. The Morgan fingerprint density at radius 1 is 1.08 bits per heavy atom. The molecule has 4 bridgehead atoms. The van der Waals surface area contributed by atoms with Crippen LogP contribution in [0.1, 0.15) is 48.8 Å². The van der Waals surface area contributed by atoms with E-state index in [1.165, 1.54) is 37.7 Å². The first kappa shape index (κ1) is 15.1. The van der Waals surface area contributed by atoms with E-state index in [2.05, 4.69) is 31.7 Å².